The van der Waals surface area contributed by atoms with E-state index in [4.69, 9.17) is 14.5 Å². The Bertz CT molecular complexity index is 1060. The Morgan fingerprint density at radius 1 is 1.29 bits per heavy atom. The van der Waals surface area contributed by atoms with Crippen LogP contribution in [0.25, 0.3) is 10.2 Å². The highest BCUT2D eigenvalue weighted by molar-refractivity contribution is 7.22. The maximum atomic E-state index is 13.6. The van der Waals surface area contributed by atoms with Gasteiger partial charge in [0.15, 0.2) is 5.13 Å². The van der Waals surface area contributed by atoms with Crippen molar-refractivity contribution in [3.8, 4) is 5.75 Å². The lowest BCUT2D eigenvalue weighted by Crippen LogP contribution is -2.37. The van der Waals surface area contributed by atoms with Crippen LogP contribution in [0.4, 0.5) is 5.13 Å². The summed E-state index contributed by atoms with van der Waals surface area (Å²) in [4.78, 5) is 20.3. The van der Waals surface area contributed by atoms with Gasteiger partial charge >= 0.3 is 0 Å². The van der Waals surface area contributed by atoms with Gasteiger partial charge in [-0.15, -0.1) is 0 Å². The van der Waals surface area contributed by atoms with Gasteiger partial charge in [0.05, 0.1) is 29.5 Å². The number of aryl methyl sites for hydroxylation is 2. The van der Waals surface area contributed by atoms with Crippen molar-refractivity contribution in [3.63, 3.8) is 0 Å². The highest BCUT2D eigenvalue weighted by Crippen LogP contribution is 2.33. The van der Waals surface area contributed by atoms with Crippen LogP contribution < -0.4 is 9.64 Å². The number of hydrogen-bond acceptors (Lipinski definition) is 5. The standard InChI is InChI=1S/C25H30N2O3S/c1-4-5-11-29-20-9-6-8-19(15-20)24(28)27(16-21-10-7-12-30-21)25-26-23-18(3)13-17(2)14-22(23)31-25/h6,8-9,13-15,21H,4-5,7,10-12,16H2,1-3H3. The van der Waals surface area contributed by atoms with E-state index >= 15 is 0 Å². The topological polar surface area (TPSA) is 51.7 Å². The predicted molar refractivity (Wildman–Crippen MR) is 127 cm³/mol. The molecule has 1 amide bonds. The summed E-state index contributed by atoms with van der Waals surface area (Å²) in [5.41, 5.74) is 3.91. The highest BCUT2D eigenvalue weighted by atomic mass is 32.1. The Morgan fingerprint density at radius 2 is 2.16 bits per heavy atom. The number of amides is 1. The summed E-state index contributed by atoms with van der Waals surface area (Å²) in [7, 11) is 0. The number of carbonyl (C=O) groups excluding carboxylic acids is 1. The lowest BCUT2D eigenvalue weighted by atomic mass is 10.1. The summed E-state index contributed by atoms with van der Waals surface area (Å²) in [5.74, 6) is 0.664. The number of thiazole rings is 1. The number of rotatable bonds is 8. The van der Waals surface area contributed by atoms with Crippen LogP contribution in [-0.4, -0.2) is 36.8 Å². The molecule has 31 heavy (non-hydrogen) atoms. The summed E-state index contributed by atoms with van der Waals surface area (Å²) in [6.07, 6.45) is 4.11. The molecule has 2 heterocycles. The summed E-state index contributed by atoms with van der Waals surface area (Å²) in [6, 6.07) is 11.7. The third-order valence-electron chi connectivity index (χ3n) is 5.55. The van der Waals surface area contributed by atoms with E-state index in [-0.39, 0.29) is 12.0 Å². The molecule has 5 nitrogen and oxygen atoms in total. The molecule has 0 N–H and O–H groups in total. The zero-order valence-corrected chi connectivity index (χ0v) is 19.3. The first-order chi connectivity index (χ1) is 15.0. The van der Waals surface area contributed by atoms with Crippen LogP contribution in [0.2, 0.25) is 0 Å². The molecule has 1 unspecified atom stereocenters. The molecule has 4 rings (SSSR count). The SMILES string of the molecule is CCCCOc1cccc(C(=O)N(CC2CCCO2)c2nc3c(C)cc(C)cc3s2)c1. The fourth-order valence-corrected chi connectivity index (χ4v) is 5.07. The number of benzene rings is 2. The number of nitrogens with zero attached hydrogens (tertiary/aromatic N) is 2. The first-order valence-electron chi connectivity index (χ1n) is 11.1. The molecular weight excluding hydrogens is 408 g/mol. The number of anilines is 1. The van der Waals surface area contributed by atoms with Crippen LogP contribution in [0.3, 0.4) is 0 Å². The highest BCUT2D eigenvalue weighted by Gasteiger charge is 2.27. The summed E-state index contributed by atoms with van der Waals surface area (Å²) in [5, 5.41) is 0.724. The smallest absolute Gasteiger partial charge is 0.260 e. The molecule has 0 aliphatic carbocycles. The number of fused-ring (bicyclic) bond motifs is 1. The van der Waals surface area contributed by atoms with E-state index < -0.39 is 0 Å². The second kappa shape index (κ2) is 9.79. The lowest BCUT2D eigenvalue weighted by Gasteiger charge is -2.23. The van der Waals surface area contributed by atoms with Crippen LogP contribution in [0.5, 0.6) is 5.75 Å². The van der Waals surface area contributed by atoms with Crippen molar-refractivity contribution >= 4 is 32.6 Å². The quantitative estimate of drug-likeness (QED) is 0.410. The Hall–Kier alpha value is -2.44. The van der Waals surface area contributed by atoms with E-state index in [2.05, 4.69) is 32.9 Å². The van der Waals surface area contributed by atoms with Crippen molar-refractivity contribution in [2.24, 2.45) is 0 Å². The van der Waals surface area contributed by atoms with Gasteiger partial charge in [0, 0.05) is 12.2 Å². The van der Waals surface area contributed by atoms with Gasteiger partial charge in [-0.25, -0.2) is 4.98 Å². The van der Waals surface area contributed by atoms with E-state index in [1.807, 2.05) is 24.3 Å². The minimum absolute atomic E-state index is 0.0442. The molecule has 1 aliphatic heterocycles. The maximum absolute atomic E-state index is 13.6. The molecule has 1 aromatic heterocycles. The summed E-state index contributed by atoms with van der Waals surface area (Å²) >= 11 is 1.57. The maximum Gasteiger partial charge on any atom is 0.260 e. The minimum Gasteiger partial charge on any atom is -0.494 e. The molecule has 164 valence electrons. The van der Waals surface area contributed by atoms with Crippen LogP contribution in [0.15, 0.2) is 36.4 Å². The minimum atomic E-state index is -0.0649. The lowest BCUT2D eigenvalue weighted by molar-refractivity contribution is 0.0917. The first-order valence-corrected chi connectivity index (χ1v) is 11.9. The number of aromatic nitrogens is 1. The Balaban J connectivity index is 1.66. The van der Waals surface area contributed by atoms with Crippen LogP contribution >= 0.6 is 11.3 Å². The van der Waals surface area contributed by atoms with Gasteiger partial charge in [-0.1, -0.05) is 36.8 Å². The third-order valence-corrected chi connectivity index (χ3v) is 6.58. The fourth-order valence-electron chi connectivity index (χ4n) is 3.92. The molecule has 1 aliphatic rings. The largest absolute Gasteiger partial charge is 0.494 e. The van der Waals surface area contributed by atoms with Gasteiger partial charge in [0.2, 0.25) is 0 Å². The third kappa shape index (κ3) is 5.08. The van der Waals surface area contributed by atoms with E-state index in [0.717, 1.165) is 59.0 Å². The van der Waals surface area contributed by atoms with Crippen LogP contribution in [0, 0.1) is 13.8 Å². The van der Waals surface area contributed by atoms with Gasteiger partial charge in [-0.05, 0) is 68.5 Å². The summed E-state index contributed by atoms with van der Waals surface area (Å²) in [6.45, 7) is 8.22. The summed E-state index contributed by atoms with van der Waals surface area (Å²) < 4.78 is 12.8. The molecule has 0 bridgehead atoms. The molecule has 0 spiro atoms. The molecule has 0 radical (unpaired) electrons. The molecule has 6 heteroatoms. The van der Waals surface area contributed by atoms with Crippen molar-refractivity contribution in [2.45, 2.75) is 52.6 Å². The van der Waals surface area contributed by atoms with Crippen LogP contribution in [0.1, 0.15) is 54.1 Å². The van der Waals surface area contributed by atoms with Crippen LogP contribution in [-0.2, 0) is 4.74 Å². The first kappa shape index (κ1) is 21.8. The van der Waals surface area contributed by atoms with Gasteiger partial charge < -0.3 is 9.47 Å². The second-order valence-electron chi connectivity index (χ2n) is 8.21. The normalized spacial score (nSPS) is 16.0. The Morgan fingerprint density at radius 3 is 2.94 bits per heavy atom. The van der Waals surface area contributed by atoms with E-state index in [0.29, 0.717) is 18.7 Å². The molecule has 1 fully saturated rings. The number of unbranched alkanes of at least 4 members (excludes halogenated alkanes) is 1. The second-order valence-corrected chi connectivity index (χ2v) is 9.21. The number of ether oxygens (including phenoxy) is 2. The Labute approximate surface area is 188 Å². The van der Waals surface area contributed by atoms with Crippen molar-refractivity contribution < 1.29 is 14.3 Å². The zero-order valence-electron chi connectivity index (χ0n) is 18.5. The van der Waals surface area contributed by atoms with Crippen molar-refractivity contribution in [3.05, 3.63) is 53.1 Å². The molecule has 2 aromatic carbocycles. The molecule has 3 aromatic rings. The fraction of sp³-hybridized carbons (Fsp3) is 0.440. The van der Waals surface area contributed by atoms with Crippen molar-refractivity contribution in [2.75, 3.05) is 24.7 Å². The number of hydrogen-bond donors (Lipinski definition) is 0. The average Bonchev–Trinajstić information content (AvgIpc) is 3.42. The monoisotopic (exact) mass is 438 g/mol. The predicted octanol–water partition coefficient (Wildman–Crippen LogP) is 5.92. The Kier molecular flexibility index (Phi) is 6.88. The average molecular weight is 439 g/mol. The van der Waals surface area contributed by atoms with Gasteiger partial charge in [-0.3, -0.25) is 9.69 Å². The van der Waals surface area contributed by atoms with Gasteiger partial charge in [0.1, 0.15) is 5.75 Å². The molecular formula is C25H30N2O3S. The number of carbonyl (C=O) groups is 1. The molecule has 1 saturated heterocycles. The zero-order chi connectivity index (χ0) is 21.8. The van der Waals surface area contributed by atoms with E-state index in [9.17, 15) is 4.79 Å². The van der Waals surface area contributed by atoms with E-state index in [1.165, 1.54) is 5.56 Å². The molecule has 1 atom stereocenters. The van der Waals surface area contributed by atoms with Gasteiger partial charge in [0.25, 0.3) is 5.91 Å². The van der Waals surface area contributed by atoms with Gasteiger partial charge in [-0.2, -0.15) is 0 Å². The molecule has 0 saturated carbocycles. The van der Waals surface area contributed by atoms with Crippen molar-refractivity contribution in [1.82, 2.24) is 4.98 Å². The van der Waals surface area contributed by atoms with E-state index in [1.54, 1.807) is 16.2 Å². The van der Waals surface area contributed by atoms with Crippen molar-refractivity contribution in [1.29, 1.82) is 0 Å².